The minimum absolute atomic E-state index is 0.0931. The van der Waals surface area contributed by atoms with Crippen LogP contribution in [0.15, 0.2) is 6.33 Å². The van der Waals surface area contributed by atoms with Gasteiger partial charge in [-0.1, -0.05) is 0 Å². The first-order valence-electron chi connectivity index (χ1n) is 7.58. The summed E-state index contributed by atoms with van der Waals surface area (Å²) in [5.41, 5.74) is 5.45. The molecule has 1 saturated heterocycles. The summed E-state index contributed by atoms with van der Waals surface area (Å²) in [6.45, 7) is 7.42. The molecule has 2 rings (SSSR count). The van der Waals surface area contributed by atoms with Gasteiger partial charge >= 0.3 is 0 Å². The average Bonchev–Trinajstić information content (AvgIpc) is 2.84. The van der Waals surface area contributed by atoms with Crippen LogP contribution in [-0.2, 0) is 11.3 Å². The van der Waals surface area contributed by atoms with Crippen molar-refractivity contribution >= 4 is 11.9 Å². The van der Waals surface area contributed by atoms with Crippen LogP contribution in [0, 0.1) is 5.92 Å². The minimum atomic E-state index is 0.0931. The zero-order chi connectivity index (χ0) is 15.4. The summed E-state index contributed by atoms with van der Waals surface area (Å²) in [5.74, 6) is 0.984. The number of nitrogens with zero attached hydrogens (tertiary/aromatic N) is 5. The number of carbonyl (C=O) groups is 1. The van der Waals surface area contributed by atoms with E-state index in [-0.39, 0.29) is 18.4 Å². The van der Waals surface area contributed by atoms with Gasteiger partial charge in [0.2, 0.25) is 11.9 Å². The minimum Gasteiger partial charge on any atom is -0.367 e. The van der Waals surface area contributed by atoms with Gasteiger partial charge in [0.1, 0.15) is 12.9 Å². The Bertz CT molecular complexity index is 464. The first-order chi connectivity index (χ1) is 9.95. The van der Waals surface area contributed by atoms with Crippen molar-refractivity contribution in [3.05, 3.63) is 6.33 Å². The van der Waals surface area contributed by atoms with Crippen LogP contribution >= 0.6 is 0 Å². The van der Waals surface area contributed by atoms with Crippen molar-refractivity contribution in [1.82, 2.24) is 24.6 Å². The van der Waals surface area contributed by atoms with Gasteiger partial charge < -0.3 is 15.5 Å². The second kappa shape index (κ2) is 6.89. The number of carbonyl (C=O) groups excluding carboxylic acids is 1. The Kier molecular flexibility index (Phi) is 5.17. The number of hydrogen-bond acceptors (Lipinski definition) is 5. The lowest BCUT2D eigenvalue weighted by molar-refractivity contribution is -0.133. The van der Waals surface area contributed by atoms with E-state index < -0.39 is 0 Å². The molecular formula is C14H26N6O. The second-order valence-electron chi connectivity index (χ2n) is 6.16. The summed E-state index contributed by atoms with van der Waals surface area (Å²) >= 11 is 0. The maximum atomic E-state index is 12.2. The van der Waals surface area contributed by atoms with Crippen LogP contribution in [0.1, 0.15) is 26.7 Å². The molecule has 118 valence electrons. The maximum absolute atomic E-state index is 12.2. The lowest BCUT2D eigenvalue weighted by atomic mass is 9.96. The molecule has 1 fully saturated rings. The van der Waals surface area contributed by atoms with Crippen LogP contribution in [0.25, 0.3) is 0 Å². The molecule has 2 heterocycles. The number of rotatable bonds is 5. The van der Waals surface area contributed by atoms with E-state index in [0.717, 1.165) is 32.5 Å². The van der Waals surface area contributed by atoms with Crippen molar-refractivity contribution < 1.29 is 4.79 Å². The van der Waals surface area contributed by atoms with Crippen molar-refractivity contribution in [2.75, 3.05) is 32.4 Å². The molecule has 0 unspecified atom stereocenters. The summed E-state index contributed by atoms with van der Waals surface area (Å²) in [6, 6.07) is 0.572. The number of nitrogen functional groups attached to an aromatic ring is 1. The first kappa shape index (κ1) is 15.8. The smallest absolute Gasteiger partial charge is 0.244 e. The Balaban J connectivity index is 1.76. The molecule has 2 N–H and O–H groups in total. The molecule has 0 bridgehead atoms. The van der Waals surface area contributed by atoms with Crippen LogP contribution in [0.4, 0.5) is 5.95 Å². The van der Waals surface area contributed by atoms with Gasteiger partial charge in [-0.3, -0.25) is 4.79 Å². The fourth-order valence-corrected chi connectivity index (χ4v) is 2.61. The molecule has 7 heteroatoms. The molecule has 7 nitrogen and oxygen atoms in total. The number of amides is 1. The summed E-state index contributed by atoms with van der Waals surface area (Å²) in [4.78, 5) is 20.3. The Morgan fingerprint density at radius 2 is 2.14 bits per heavy atom. The summed E-state index contributed by atoms with van der Waals surface area (Å²) in [5, 5.41) is 3.95. The predicted octanol–water partition coefficient (Wildman–Crippen LogP) is 0.439. The van der Waals surface area contributed by atoms with Crippen LogP contribution in [0.3, 0.4) is 0 Å². The molecule has 1 aliphatic heterocycles. The van der Waals surface area contributed by atoms with E-state index in [9.17, 15) is 4.79 Å². The molecular weight excluding hydrogens is 268 g/mol. The summed E-state index contributed by atoms with van der Waals surface area (Å²) < 4.78 is 1.50. The fourth-order valence-electron chi connectivity index (χ4n) is 2.61. The van der Waals surface area contributed by atoms with Gasteiger partial charge in [0, 0.05) is 25.7 Å². The van der Waals surface area contributed by atoms with Crippen molar-refractivity contribution in [2.45, 2.75) is 39.3 Å². The van der Waals surface area contributed by atoms with Gasteiger partial charge in [0.15, 0.2) is 0 Å². The quantitative estimate of drug-likeness (QED) is 0.852. The highest BCUT2D eigenvalue weighted by Gasteiger charge is 2.24. The summed E-state index contributed by atoms with van der Waals surface area (Å²) in [6.07, 6.45) is 3.64. The highest BCUT2D eigenvalue weighted by Crippen LogP contribution is 2.19. The number of piperidine rings is 1. The largest absolute Gasteiger partial charge is 0.367 e. The van der Waals surface area contributed by atoms with E-state index in [1.54, 1.807) is 0 Å². The van der Waals surface area contributed by atoms with E-state index >= 15 is 0 Å². The molecule has 1 aliphatic rings. The third kappa shape index (κ3) is 4.42. The SMILES string of the molecule is CC(C)N(C)CC1CCN(C(=O)Cn2cnc(N)n2)CC1. The fraction of sp³-hybridized carbons (Fsp3) is 0.786. The zero-order valence-corrected chi connectivity index (χ0v) is 13.2. The number of nitrogens with two attached hydrogens (primary N) is 1. The lowest BCUT2D eigenvalue weighted by Crippen LogP contribution is -2.43. The monoisotopic (exact) mass is 294 g/mol. The predicted molar refractivity (Wildman–Crippen MR) is 81.5 cm³/mol. The van der Waals surface area contributed by atoms with Crippen LogP contribution < -0.4 is 5.73 Å². The van der Waals surface area contributed by atoms with Gasteiger partial charge in [-0.2, -0.15) is 0 Å². The van der Waals surface area contributed by atoms with Crippen LogP contribution in [-0.4, -0.2) is 63.2 Å². The number of aromatic nitrogens is 3. The Labute approximate surface area is 126 Å². The van der Waals surface area contributed by atoms with E-state index in [1.807, 2.05) is 4.90 Å². The highest BCUT2D eigenvalue weighted by atomic mass is 16.2. The first-order valence-corrected chi connectivity index (χ1v) is 7.58. The molecule has 1 amide bonds. The number of hydrogen-bond donors (Lipinski definition) is 1. The van der Waals surface area contributed by atoms with E-state index in [4.69, 9.17) is 5.73 Å². The van der Waals surface area contributed by atoms with Gasteiger partial charge in [-0.05, 0) is 39.7 Å². The molecule has 0 spiro atoms. The molecule has 0 aromatic carbocycles. The molecule has 0 radical (unpaired) electrons. The lowest BCUT2D eigenvalue weighted by Gasteiger charge is -2.34. The van der Waals surface area contributed by atoms with Gasteiger partial charge in [0.25, 0.3) is 0 Å². The molecule has 1 aromatic heterocycles. The molecule has 21 heavy (non-hydrogen) atoms. The van der Waals surface area contributed by atoms with Gasteiger partial charge in [0.05, 0.1) is 0 Å². The van der Waals surface area contributed by atoms with E-state index in [1.165, 1.54) is 11.0 Å². The molecule has 0 atom stereocenters. The molecule has 0 saturated carbocycles. The topological polar surface area (TPSA) is 80.3 Å². The van der Waals surface area contributed by atoms with Crippen molar-refractivity contribution in [3.8, 4) is 0 Å². The van der Waals surface area contributed by atoms with Crippen LogP contribution in [0.5, 0.6) is 0 Å². The normalized spacial score (nSPS) is 16.9. The Morgan fingerprint density at radius 3 is 2.67 bits per heavy atom. The zero-order valence-electron chi connectivity index (χ0n) is 13.2. The number of likely N-dealkylation sites (tertiary alicyclic amines) is 1. The Hall–Kier alpha value is -1.63. The second-order valence-corrected chi connectivity index (χ2v) is 6.16. The number of anilines is 1. The van der Waals surface area contributed by atoms with E-state index in [0.29, 0.717) is 12.0 Å². The standard InChI is InChI=1S/C14H26N6O/c1-11(2)18(3)8-12-4-6-19(7-5-12)13(21)9-20-10-16-14(15)17-20/h10-12H,4-9H2,1-3H3,(H2,15,17). The Morgan fingerprint density at radius 1 is 1.48 bits per heavy atom. The van der Waals surface area contributed by atoms with Gasteiger partial charge in [-0.15, -0.1) is 5.10 Å². The molecule has 1 aromatic rings. The van der Waals surface area contributed by atoms with Crippen molar-refractivity contribution in [2.24, 2.45) is 5.92 Å². The average molecular weight is 294 g/mol. The molecule has 0 aliphatic carbocycles. The van der Waals surface area contributed by atoms with Gasteiger partial charge in [-0.25, -0.2) is 9.67 Å². The third-order valence-corrected chi connectivity index (χ3v) is 4.25. The maximum Gasteiger partial charge on any atom is 0.244 e. The van der Waals surface area contributed by atoms with E-state index in [2.05, 4.69) is 35.9 Å². The summed E-state index contributed by atoms with van der Waals surface area (Å²) in [7, 11) is 2.16. The third-order valence-electron chi connectivity index (χ3n) is 4.25. The van der Waals surface area contributed by atoms with Crippen LogP contribution in [0.2, 0.25) is 0 Å². The van der Waals surface area contributed by atoms with Crippen molar-refractivity contribution in [3.63, 3.8) is 0 Å². The van der Waals surface area contributed by atoms with Crippen molar-refractivity contribution in [1.29, 1.82) is 0 Å². The highest BCUT2D eigenvalue weighted by molar-refractivity contribution is 5.76.